The summed E-state index contributed by atoms with van der Waals surface area (Å²) in [6.45, 7) is 4.54. The standard InChI is InChI=1S/C10H19ClS/c1-9(2)12-10(8-11)6-4-3-5-7-10/h9H,3-8H2,1-2H3. The molecular formula is C10H19ClS. The molecule has 1 fully saturated rings. The number of rotatable bonds is 3. The molecule has 0 atom stereocenters. The number of hydrogen-bond acceptors (Lipinski definition) is 1. The molecule has 0 aromatic carbocycles. The van der Waals surface area contributed by atoms with E-state index in [0.29, 0.717) is 4.75 Å². The minimum Gasteiger partial charge on any atom is -0.151 e. The fraction of sp³-hybridized carbons (Fsp3) is 1.00. The molecule has 1 aliphatic rings. The Hall–Kier alpha value is 0.640. The Morgan fingerprint density at radius 2 is 1.83 bits per heavy atom. The van der Waals surface area contributed by atoms with Crippen LogP contribution < -0.4 is 0 Å². The highest BCUT2D eigenvalue weighted by atomic mass is 35.5. The van der Waals surface area contributed by atoms with E-state index in [2.05, 4.69) is 25.6 Å². The molecule has 0 aromatic heterocycles. The van der Waals surface area contributed by atoms with Crippen LogP contribution in [-0.2, 0) is 0 Å². The van der Waals surface area contributed by atoms with Crippen LogP contribution in [0.2, 0.25) is 0 Å². The van der Waals surface area contributed by atoms with E-state index in [0.717, 1.165) is 11.1 Å². The Morgan fingerprint density at radius 3 is 2.25 bits per heavy atom. The van der Waals surface area contributed by atoms with Gasteiger partial charge in [0.1, 0.15) is 0 Å². The van der Waals surface area contributed by atoms with Crippen LogP contribution in [-0.4, -0.2) is 15.9 Å². The van der Waals surface area contributed by atoms with Crippen molar-refractivity contribution in [2.24, 2.45) is 0 Å². The van der Waals surface area contributed by atoms with Crippen molar-refractivity contribution in [2.75, 3.05) is 5.88 Å². The molecule has 0 heterocycles. The second-order valence-corrected chi connectivity index (χ2v) is 6.36. The first-order valence-electron chi connectivity index (χ1n) is 4.92. The Labute approximate surface area is 85.4 Å². The number of thioether (sulfide) groups is 1. The quantitative estimate of drug-likeness (QED) is 0.628. The summed E-state index contributed by atoms with van der Waals surface area (Å²) in [4.78, 5) is 0. The largest absolute Gasteiger partial charge is 0.151 e. The Morgan fingerprint density at radius 1 is 1.25 bits per heavy atom. The summed E-state index contributed by atoms with van der Waals surface area (Å²) in [6.07, 6.45) is 6.84. The Balaban J connectivity index is 2.48. The average Bonchev–Trinajstić information content (AvgIpc) is 2.05. The monoisotopic (exact) mass is 206 g/mol. The van der Waals surface area contributed by atoms with E-state index in [1.807, 2.05) is 0 Å². The maximum atomic E-state index is 6.06. The van der Waals surface area contributed by atoms with Gasteiger partial charge in [-0.25, -0.2) is 0 Å². The van der Waals surface area contributed by atoms with E-state index in [1.165, 1.54) is 32.1 Å². The van der Waals surface area contributed by atoms with Crippen LogP contribution >= 0.6 is 23.4 Å². The lowest BCUT2D eigenvalue weighted by atomic mass is 9.90. The van der Waals surface area contributed by atoms with Gasteiger partial charge in [-0.05, 0) is 18.1 Å². The summed E-state index contributed by atoms with van der Waals surface area (Å²) in [6, 6.07) is 0. The average molecular weight is 207 g/mol. The molecular weight excluding hydrogens is 188 g/mol. The van der Waals surface area contributed by atoms with Crippen molar-refractivity contribution in [1.82, 2.24) is 0 Å². The topological polar surface area (TPSA) is 0 Å². The third-order valence-corrected chi connectivity index (χ3v) is 4.69. The van der Waals surface area contributed by atoms with Crippen LogP contribution in [0, 0.1) is 0 Å². The lowest BCUT2D eigenvalue weighted by molar-refractivity contribution is 0.424. The zero-order chi connectivity index (χ0) is 9.03. The molecule has 0 saturated heterocycles. The van der Waals surface area contributed by atoms with Crippen molar-refractivity contribution < 1.29 is 0 Å². The van der Waals surface area contributed by atoms with Gasteiger partial charge in [-0.2, -0.15) is 11.8 Å². The molecule has 2 heteroatoms. The molecule has 0 bridgehead atoms. The van der Waals surface area contributed by atoms with Crippen molar-refractivity contribution in [2.45, 2.75) is 55.9 Å². The zero-order valence-electron chi connectivity index (χ0n) is 8.11. The van der Waals surface area contributed by atoms with Gasteiger partial charge in [-0.15, -0.1) is 11.6 Å². The SMILES string of the molecule is CC(C)SC1(CCl)CCCCC1. The number of alkyl halides is 1. The van der Waals surface area contributed by atoms with Gasteiger partial charge in [-0.3, -0.25) is 0 Å². The first-order valence-corrected chi connectivity index (χ1v) is 6.34. The van der Waals surface area contributed by atoms with Crippen LogP contribution in [0.3, 0.4) is 0 Å². The number of halogens is 1. The summed E-state index contributed by atoms with van der Waals surface area (Å²) in [7, 11) is 0. The molecule has 0 radical (unpaired) electrons. The fourth-order valence-electron chi connectivity index (χ4n) is 1.98. The Bertz CT molecular complexity index is 128. The van der Waals surface area contributed by atoms with Gasteiger partial charge in [0.25, 0.3) is 0 Å². The molecule has 1 aliphatic carbocycles. The predicted molar refractivity (Wildman–Crippen MR) is 59.3 cm³/mol. The first kappa shape index (κ1) is 10.7. The highest BCUT2D eigenvalue weighted by Gasteiger charge is 2.32. The third-order valence-electron chi connectivity index (χ3n) is 2.49. The van der Waals surface area contributed by atoms with E-state index in [4.69, 9.17) is 11.6 Å². The van der Waals surface area contributed by atoms with Gasteiger partial charge >= 0.3 is 0 Å². The molecule has 12 heavy (non-hydrogen) atoms. The van der Waals surface area contributed by atoms with Crippen LogP contribution in [0.1, 0.15) is 46.0 Å². The first-order chi connectivity index (χ1) is 5.68. The second-order valence-electron chi connectivity index (χ2n) is 4.04. The summed E-state index contributed by atoms with van der Waals surface area (Å²) < 4.78 is 0.425. The molecule has 1 saturated carbocycles. The van der Waals surface area contributed by atoms with Crippen LogP contribution in [0.5, 0.6) is 0 Å². The normalized spacial score (nSPS) is 23.0. The minimum absolute atomic E-state index is 0.425. The van der Waals surface area contributed by atoms with Gasteiger partial charge in [0.15, 0.2) is 0 Å². The van der Waals surface area contributed by atoms with Crippen molar-refractivity contribution in [3.63, 3.8) is 0 Å². The van der Waals surface area contributed by atoms with Crippen LogP contribution in [0.25, 0.3) is 0 Å². The third kappa shape index (κ3) is 2.85. The van der Waals surface area contributed by atoms with Gasteiger partial charge < -0.3 is 0 Å². The maximum Gasteiger partial charge on any atom is 0.0371 e. The summed E-state index contributed by atoms with van der Waals surface area (Å²) in [5.74, 6) is 0.843. The second kappa shape index (κ2) is 4.76. The smallest absolute Gasteiger partial charge is 0.0371 e. The van der Waals surface area contributed by atoms with Gasteiger partial charge in [0.2, 0.25) is 0 Å². The molecule has 72 valence electrons. The van der Waals surface area contributed by atoms with E-state index in [-0.39, 0.29) is 0 Å². The Kier molecular flexibility index (Phi) is 4.25. The highest BCUT2D eigenvalue weighted by molar-refractivity contribution is 8.01. The van der Waals surface area contributed by atoms with Crippen molar-refractivity contribution >= 4 is 23.4 Å². The van der Waals surface area contributed by atoms with E-state index in [9.17, 15) is 0 Å². The molecule has 0 nitrogen and oxygen atoms in total. The van der Waals surface area contributed by atoms with Crippen LogP contribution in [0.15, 0.2) is 0 Å². The minimum atomic E-state index is 0.425. The van der Waals surface area contributed by atoms with Crippen LogP contribution in [0.4, 0.5) is 0 Å². The molecule has 0 aromatic rings. The van der Waals surface area contributed by atoms with Gasteiger partial charge in [0, 0.05) is 10.6 Å². The summed E-state index contributed by atoms with van der Waals surface area (Å²) in [5.41, 5.74) is 0. The lowest BCUT2D eigenvalue weighted by Gasteiger charge is -2.36. The van der Waals surface area contributed by atoms with E-state index >= 15 is 0 Å². The van der Waals surface area contributed by atoms with Crippen molar-refractivity contribution in [3.8, 4) is 0 Å². The van der Waals surface area contributed by atoms with Crippen molar-refractivity contribution in [1.29, 1.82) is 0 Å². The molecule has 1 rings (SSSR count). The zero-order valence-corrected chi connectivity index (χ0v) is 9.68. The molecule has 0 unspecified atom stereocenters. The van der Waals surface area contributed by atoms with Gasteiger partial charge in [-0.1, -0.05) is 33.1 Å². The molecule has 0 aliphatic heterocycles. The predicted octanol–water partition coefficient (Wildman–Crippen LogP) is 4.07. The fourth-order valence-corrected chi connectivity index (χ4v) is 4.02. The van der Waals surface area contributed by atoms with E-state index in [1.54, 1.807) is 0 Å². The lowest BCUT2D eigenvalue weighted by Crippen LogP contribution is -2.31. The highest BCUT2D eigenvalue weighted by Crippen LogP contribution is 2.42. The molecule has 0 amide bonds. The van der Waals surface area contributed by atoms with Crippen molar-refractivity contribution in [3.05, 3.63) is 0 Å². The summed E-state index contributed by atoms with van der Waals surface area (Å²) >= 11 is 8.15. The van der Waals surface area contributed by atoms with E-state index < -0.39 is 0 Å². The molecule has 0 spiro atoms. The maximum absolute atomic E-state index is 6.06. The molecule has 0 N–H and O–H groups in total. The number of hydrogen-bond donors (Lipinski definition) is 0. The summed E-state index contributed by atoms with van der Waals surface area (Å²) in [5, 5.41) is 0.724. The van der Waals surface area contributed by atoms with Gasteiger partial charge in [0.05, 0.1) is 0 Å².